The Morgan fingerprint density at radius 1 is 1.17 bits per heavy atom. The van der Waals surface area contributed by atoms with Gasteiger partial charge in [0.15, 0.2) is 0 Å². The number of esters is 2. The van der Waals surface area contributed by atoms with Gasteiger partial charge in [-0.1, -0.05) is 11.6 Å². The van der Waals surface area contributed by atoms with E-state index in [9.17, 15) is 9.59 Å². The van der Waals surface area contributed by atoms with E-state index in [1.807, 2.05) is 0 Å². The lowest BCUT2D eigenvalue weighted by Crippen LogP contribution is -2.49. The maximum absolute atomic E-state index is 12.0. The van der Waals surface area contributed by atoms with Gasteiger partial charge in [-0.3, -0.25) is 4.79 Å². The van der Waals surface area contributed by atoms with Gasteiger partial charge in [0, 0.05) is 0 Å². The molecule has 0 aromatic heterocycles. The lowest BCUT2D eigenvalue weighted by atomic mass is 9.83. The van der Waals surface area contributed by atoms with E-state index in [1.165, 1.54) is 0 Å². The summed E-state index contributed by atoms with van der Waals surface area (Å²) in [4.78, 5) is 22.0. The molecule has 7 heteroatoms. The highest BCUT2D eigenvalue weighted by atomic mass is 35.5. The maximum atomic E-state index is 12.0. The number of azo groups is 1. The Bertz CT molecular complexity index is 383. The van der Waals surface area contributed by atoms with E-state index in [1.54, 1.807) is 27.7 Å². The highest BCUT2D eigenvalue weighted by Crippen LogP contribution is 2.45. The van der Waals surface area contributed by atoms with Crippen LogP contribution < -0.4 is 0 Å². The van der Waals surface area contributed by atoms with Crippen LogP contribution in [-0.2, 0) is 19.1 Å². The number of halogens is 1. The molecule has 18 heavy (non-hydrogen) atoms. The molecular formula is C11H17ClN2O4. The lowest BCUT2D eigenvalue weighted by molar-refractivity contribution is -0.159. The fourth-order valence-electron chi connectivity index (χ4n) is 1.85. The van der Waals surface area contributed by atoms with E-state index in [2.05, 4.69) is 10.2 Å². The Labute approximate surface area is 111 Å². The van der Waals surface area contributed by atoms with Gasteiger partial charge < -0.3 is 9.47 Å². The first kappa shape index (κ1) is 14.9. The average molecular weight is 277 g/mol. The molecule has 0 spiro atoms. The molecule has 1 heterocycles. The first-order valence-electron chi connectivity index (χ1n) is 5.76. The predicted octanol–water partition coefficient (Wildman–Crippen LogP) is 1.91. The van der Waals surface area contributed by atoms with Gasteiger partial charge in [0.1, 0.15) is 5.92 Å². The number of ether oxygens (including phenoxy) is 2. The number of alkyl halides is 1. The molecule has 2 atom stereocenters. The number of hydrogen-bond donors (Lipinski definition) is 0. The van der Waals surface area contributed by atoms with Crippen LogP contribution >= 0.6 is 11.6 Å². The Hall–Kier alpha value is -1.17. The van der Waals surface area contributed by atoms with Crippen molar-refractivity contribution in [3.8, 4) is 0 Å². The number of nitrogens with zero attached hydrogens (tertiary/aromatic N) is 2. The Kier molecular flexibility index (Phi) is 4.32. The third kappa shape index (κ3) is 2.48. The van der Waals surface area contributed by atoms with Crippen molar-refractivity contribution >= 4 is 23.5 Å². The van der Waals surface area contributed by atoms with Crippen molar-refractivity contribution in [2.75, 3.05) is 13.2 Å². The first-order valence-corrected chi connectivity index (χ1v) is 6.14. The third-order valence-electron chi connectivity index (χ3n) is 2.63. The van der Waals surface area contributed by atoms with Crippen LogP contribution in [0.15, 0.2) is 10.2 Å². The molecule has 1 rings (SSSR count). The fraction of sp³-hybridized carbons (Fsp3) is 0.818. The van der Waals surface area contributed by atoms with Gasteiger partial charge in [0.2, 0.25) is 0 Å². The number of carbonyl (C=O) groups excluding carboxylic acids is 2. The first-order chi connectivity index (χ1) is 8.29. The van der Waals surface area contributed by atoms with Gasteiger partial charge >= 0.3 is 11.9 Å². The van der Waals surface area contributed by atoms with Crippen molar-refractivity contribution < 1.29 is 19.1 Å². The summed E-state index contributed by atoms with van der Waals surface area (Å²) in [6.07, 6.45) is 0. The van der Waals surface area contributed by atoms with E-state index in [0.717, 1.165) is 0 Å². The van der Waals surface area contributed by atoms with Gasteiger partial charge in [-0.05, 0) is 27.7 Å². The van der Waals surface area contributed by atoms with Crippen molar-refractivity contribution in [3.05, 3.63) is 0 Å². The second kappa shape index (κ2) is 5.22. The van der Waals surface area contributed by atoms with Crippen LogP contribution in [0, 0.1) is 5.92 Å². The van der Waals surface area contributed by atoms with Crippen LogP contribution in [0.1, 0.15) is 27.7 Å². The zero-order valence-electron chi connectivity index (χ0n) is 10.9. The van der Waals surface area contributed by atoms with Crippen molar-refractivity contribution in [3.63, 3.8) is 0 Å². The van der Waals surface area contributed by atoms with Crippen molar-refractivity contribution in [1.29, 1.82) is 0 Å². The minimum atomic E-state index is -1.83. The summed E-state index contributed by atoms with van der Waals surface area (Å²) in [6, 6.07) is 0. The smallest absolute Gasteiger partial charge is 0.352 e. The van der Waals surface area contributed by atoms with Crippen LogP contribution in [0.5, 0.6) is 0 Å². The quantitative estimate of drug-likeness (QED) is 0.446. The maximum Gasteiger partial charge on any atom is 0.352 e. The van der Waals surface area contributed by atoms with Crippen LogP contribution in [0.25, 0.3) is 0 Å². The highest BCUT2D eigenvalue weighted by molar-refractivity contribution is 6.35. The molecule has 0 aromatic carbocycles. The van der Waals surface area contributed by atoms with Crippen molar-refractivity contribution in [2.24, 2.45) is 16.1 Å². The second-order valence-electron chi connectivity index (χ2n) is 4.43. The minimum Gasteiger partial charge on any atom is -0.466 e. The minimum absolute atomic E-state index is 0.152. The number of rotatable bonds is 4. The van der Waals surface area contributed by atoms with Crippen LogP contribution in [0.2, 0.25) is 0 Å². The van der Waals surface area contributed by atoms with Crippen LogP contribution in [0.3, 0.4) is 0 Å². The molecule has 1 aliphatic rings. The van der Waals surface area contributed by atoms with E-state index in [4.69, 9.17) is 21.1 Å². The molecule has 0 radical (unpaired) electrons. The number of hydrogen-bond acceptors (Lipinski definition) is 6. The molecular weight excluding hydrogens is 260 g/mol. The zero-order chi connectivity index (χ0) is 14.0. The molecule has 6 nitrogen and oxygen atoms in total. The summed E-state index contributed by atoms with van der Waals surface area (Å²) in [5.41, 5.74) is -0.902. The summed E-state index contributed by atoms with van der Waals surface area (Å²) in [5, 5.41) is 7.64. The van der Waals surface area contributed by atoms with Gasteiger partial charge in [0.05, 0.1) is 18.8 Å². The number of carbonyl (C=O) groups is 2. The molecule has 0 amide bonds. The van der Waals surface area contributed by atoms with Gasteiger partial charge in [-0.15, -0.1) is 0 Å². The van der Waals surface area contributed by atoms with E-state index in [0.29, 0.717) is 0 Å². The Morgan fingerprint density at radius 3 is 2.22 bits per heavy atom. The van der Waals surface area contributed by atoms with Gasteiger partial charge in [0.25, 0.3) is 5.00 Å². The molecule has 0 unspecified atom stereocenters. The molecule has 0 aromatic rings. The van der Waals surface area contributed by atoms with Crippen molar-refractivity contribution in [2.45, 2.75) is 38.2 Å². The molecule has 0 N–H and O–H groups in total. The zero-order valence-corrected chi connectivity index (χ0v) is 11.7. The fourth-order valence-corrected chi connectivity index (χ4v) is 2.29. The molecule has 0 saturated carbocycles. The van der Waals surface area contributed by atoms with E-state index >= 15 is 0 Å². The summed E-state index contributed by atoms with van der Waals surface area (Å²) < 4.78 is 9.78. The molecule has 0 aliphatic carbocycles. The van der Waals surface area contributed by atoms with Crippen molar-refractivity contribution in [1.82, 2.24) is 0 Å². The van der Waals surface area contributed by atoms with Crippen LogP contribution in [0.4, 0.5) is 0 Å². The molecule has 0 saturated heterocycles. The topological polar surface area (TPSA) is 77.3 Å². The lowest BCUT2D eigenvalue weighted by Gasteiger charge is -2.28. The molecule has 1 aliphatic heterocycles. The SMILES string of the molecule is CCOC(=O)[C@@H]1C(C)(C)N=N[C@@]1(Cl)C(=O)OCC. The Morgan fingerprint density at radius 2 is 1.72 bits per heavy atom. The molecule has 0 fully saturated rings. The normalized spacial score (nSPS) is 29.1. The third-order valence-corrected chi connectivity index (χ3v) is 3.07. The largest absolute Gasteiger partial charge is 0.466 e. The summed E-state index contributed by atoms with van der Waals surface area (Å²) in [6.45, 7) is 7.01. The standard InChI is InChI=1S/C11H17ClN2O4/c1-5-17-8(15)7-10(3,4)13-14-11(7,12)9(16)18-6-2/h7H,5-6H2,1-4H3/t7-,11-/m1/s1. The van der Waals surface area contributed by atoms with Gasteiger partial charge in [-0.25, -0.2) is 4.79 Å². The Balaban J connectivity index is 3.07. The van der Waals surface area contributed by atoms with Gasteiger partial charge in [-0.2, -0.15) is 10.2 Å². The molecule has 0 bridgehead atoms. The molecule has 102 valence electrons. The average Bonchev–Trinajstić information content (AvgIpc) is 2.51. The van der Waals surface area contributed by atoms with E-state index in [-0.39, 0.29) is 13.2 Å². The highest BCUT2D eigenvalue weighted by Gasteiger charge is 2.61. The predicted molar refractivity (Wildman–Crippen MR) is 64.3 cm³/mol. The van der Waals surface area contributed by atoms with Crippen LogP contribution in [-0.4, -0.2) is 35.7 Å². The van der Waals surface area contributed by atoms with E-state index < -0.39 is 28.4 Å². The summed E-state index contributed by atoms with van der Waals surface area (Å²) in [7, 11) is 0. The monoisotopic (exact) mass is 276 g/mol. The summed E-state index contributed by atoms with van der Waals surface area (Å²) >= 11 is 6.15. The second-order valence-corrected chi connectivity index (χ2v) is 5.01. The summed E-state index contributed by atoms with van der Waals surface area (Å²) in [5.74, 6) is -2.37.